The number of ether oxygens (including phenoxy) is 1. The molecule has 0 saturated heterocycles. The predicted octanol–water partition coefficient (Wildman–Crippen LogP) is 3.15. The quantitative estimate of drug-likeness (QED) is 0.499. The SMILES string of the molecule is CCCCN(C(=O)c1occc1COc1ccccc1)c1c(N)n(CCC)c(=O)[nH]c1=O. The number of nitrogen functional groups attached to an aromatic ring is 1. The Morgan fingerprint density at radius 3 is 2.59 bits per heavy atom. The lowest BCUT2D eigenvalue weighted by atomic mass is 10.2. The van der Waals surface area contributed by atoms with Gasteiger partial charge >= 0.3 is 5.69 Å². The number of furan rings is 1. The Hall–Kier alpha value is -3.75. The maximum absolute atomic E-state index is 13.5. The lowest BCUT2D eigenvalue weighted by Gasteiger charge is -2.24. The summed E-state index contributed by atoms with van der Waals surface area (Å²) in [5.74, 6) is 0.152. The number of rotatable bonds is 10. The summed E-state index contributed by atoms with van der Waals surface area (Å²) in [4.78, 5) is 41.9. The molecule has 3 aromatic rings. The van der Waals surface area contributed by atoms with E-state index in [1.54, 1.807) is 6.07 Å². The molecular weight excluding hydrogens is 412 g/mol. The largest absolute Gasteiger partial charge is 0.489 e. The summed E-state index contributed by atoms with van der Waals surface area (Å²) in [5, 5.41) is 0. The van der Waals surface area contributed by atoms with Gasteiger partial charge in [-0.2, -0.15) is 0 Å². The van der Waals surface area contributed by atoms with Crippen LogP contribution in [0.15, 0.2) is 56.7 Å². The van der Waals surface area contributed by atoms with Crippen molar-refractivity contribution in [3.63, 3.8) is 0 Å². The van der Waals surface area contributed by atoms with E-state index in [1.807, 2.05) is 44.2 Å². The van der Waals surface area contributed by atoms with Gasteiger partial charge in [0, 0.05) is 18.7 Å². The molecule has 0 aliphatic rings. The Bertz CT molecular complexity index is 1160. The summed E-state index contributed by atoms with van der Waals surface area (Å²) in [7, 11) is 0. The number of carbonyl (C=O) groups excluding carboxylic acids is 1. The first-order chi connectivity index (χ1) is 15.5. The van der Waals surface area contributed by atoms with Crippen LogP contribution in [0.5, 0.6) is 5.75 Å². The number of unbranched alkanes of at least 4 members (excludes halogenated alkanes) is 1. The first-order valence-corrected chi connectivity index (χ1v) is 10.7. The average Bonchev–Trinajstić information content (AvgIpc) is 3.26. The summed E-state index contributed by atoms with van der Waals surface area (Å²) < 4.78 is 12.5. The van der Waals surface area contributed by atoms with Crippen LogP contribution in [-0.2, 0) is 13.2 Å². The van der Waals surface area contributed by atoms with Crippen LogP contribution in [0.25, 0.3) is 0 Å². The molecule has 2 aromatic heterocycles. The molecule has 3 rings (SSSR count). The summed E-state index contributed by atoms with van der Waals surface area (Å²) in [6, 6.07) is 10.9. The van der Waals surface area contributed by atoms with E-state index in [-0.39, 0.29) is 30.4 Å². The smallest absolute Gasteiger partial charge is 0.330 e. The average molecular weight is 441 g/mol. The number of anilines is 2. The summed E-state index contributed by atoms with van der Waals surface area (Å²) >= 11 is 0. The minimum Gasteiger partial charge on any atom is -0.489 e. The van der Waals surface area contributed by atoms with Crippen LogP contribution in [0.2, 0.25) is 0 Å². The molecule has 0 fully saturated rings. The Morgan fingerprint density at radius 2 is 1.91 bits per heavy atom. The number of nitrogens with zero attached hydrogens (tertiary/aromatic N) is 2. The van der Waals surface area contributed by atoms with Gasteiger partial charge in [0.25, 0.3) is 11.5 Å². The van der Waals surface area contributed by atoms with Gasteiger partial charge in [0.05, 0.1) is 6.26 Å². The number of nitrogens with two attached hydrogens (primary N) is 1. The van der Waals surface area contributed by atoms with Crippen LogP contribution in [0.4, 0.5) is 11.5 Å². The van der Waals surface area contributed by atoms with Gasteiger partial charge in [0.2, 0.25) is 0 Å². The number of aromatic nitrogens is 2. The zero-order valence-corrected chi connectivity index (χ0v) is 18.3. The van der Waals surface area contributed by atoms with Gasteiger partial charge in [0.1, 0.15) is 18.2 Å². The van der Waals surface area contributed by atoms with Crippen molar-refractivity contribution in [2.24, 2.45) is 0 Å². The van der Waals surface area contributed by atoms with Gasteiger partial charge < -0.3 is 14.9 Å². The van der Waals surface area contributed by atoms with Crippen molar-refractivity contribution < 1.29 is 13.9 Å². The molecule has 0 bridgehead atoms. The second-order valence-corrected chi connectivity index (χ2v) is 7.33. The molecule has 170 valence electrons. The molecule has 32 heavy (non-hydrogen) atoms. The third-order valence-corrected chi connectivity index (χ3v) is 4.99. The topological polar surface area (TPSA) is 124 Å². The number of para-hydroxylation sites is 1. The van der Waals surface area contributed by atoms with Gasteiger partial charge in [-0.1, -0.05) is 38.5 Å². The predicted molar refractivity (Wildman–Crippen MR) is 122 cm³/mol. The number of benzene rings is 1. The van der Waals surface area contributed by atoms with E-state index in [0.29, 0.717) is 30.7 Å². The van der Waals surface area contributed by atoms with E-state index in [4.69, 9.17) is 14.9 Å². The van der Waals surface area contributed by atoms with Gasteiger partial charge in [-0.3, -0.25) is 24.0 Å². The first kappa shape index (κ1) is 22.9. The number of nitrogens with one attached hydrogen (secondary N) is 1. The van der Waals surface area contributed by atoms with Crippen molar-refractivity contribution >= 4 is 17.4 Å². The van der Waals surface area contributed by atoms with Crippen LogP contribution in [-0.4, -0.2) is 22.0 Å². The molecule has 0 aliphatic carbocycles. The zero-order chi connectivity index (χ0) is 23.1. The molecule has 0 radical (unpaired) electrons. The second kappa shape index (κ2) is 10.5. The van der Waals surface area contributed by atoms with Crippen molar-refractivity contribution in [2.45, 2.75) is 46.3 Å². The van der Waals surface area contributed by atoms with E-state index < -0.39 is 17.2 Å². The van der Waals surface area contributed by atoms with Gasteiger partial charge in [0.15, 0.2) is 11.4 Å². The van der Waals surface area contributed by atoms with Crippen LogP contribution in [0.1, 0.15) is 49.2 Å². The molecule has 9 nitrogen and oxygen atoms in total. The minimum absolute atomic E-state index is 0.0429. The molecular formula is C23H28N4O5. The lowest BCUT2D eigenvalue weighted by molar-refractivity contribution is 0.0956. The molecule has 9 heteroatoms. The second-order valence-electron chi connectivity index (χ2n) is 7.33. The molecule has 2 heterocycles. The van der Waals surface area contributed by atoms with Gasteiger partial charge in [-0.15, -0.1) is 0 Å². The van der Waals surface area contributed by atoms with E-state index >= 15 is 0 Å². The Kier molecular flexibility index (Phi) is 7.54. The highest BCUT2D eigenvalue weighted by molar-refractivity contribution is 6.06. The Labute approximate surface area is 185 Å². The molecule has 0 atom stereocenters. The zero-order valence-electron chi connectivity index (χ0n) is 18.3. The van der Waals surface area contributed by atoms with Crippen molar-refractivity contribution in [2.75, 3.05) is 17.2 Å². The van der Waals surface area contributed by atoms with Crippen molar-refractivity contribution in [3.8, 4) is 5.75 Å². The molecule has 1 aromatic carbocycles. The van der Waals surface area contributed by atoms with E-state index in [2.05, 4.69) is 4.98 Å². The molecule has 1 amide bonds. The van der Waals surface area contributed by atoms with Crippen LogP contribution >= 0.6 is 0 Å². The van der Waals surface area contributed by atoms with Crippen molar-refractivity contribution in [1.82, 2.24) is 9.55 Å². The van der Waals surface area contributed by atoms with Gasteiger partial charge in [-0.05, 0) is 31.0 Å². The van der Waals surface area contributed by atoms with E-state index in [9.17, 15) is 14.4 Å². The third kappa shape index (κ3) is 4.93. The lowest BCUT2D eigenvalue weighted by Crippen LogP contribution is -2.41. The van der Waals surface area contributed by atoms with Crippen LogP contribution in [0, 0.1) is 0 Å². The van der Waals surface area contributed by atoms with E-state index in [0.717, 1.165) is 6.42 Å². The van der Waals surface area contributed by atoms with Crippen molar-refractivity contribution in [3.05, 3.63) is 74.8 Å². The fraction of sp³-hybridized carbons (Fsp3) is 0.348. The molecule has 0 spiro atoms. The van der Waals surface area contributed by atoms with E-state index in [1.165, 1.54) is 15.7 Å². The summed E-state index contributed by atoms with van der Waals surface area (Å²) in [6.45, 7) is 4.54. The molecule has 0 saturated carbocycles. The highest BCUT2D eigenvalue weighted by Gasteiger charge is 2.28. The molecule has 0 unspecified atom stereocenters. The monoisotopic (exact) mass is 440 g/mol. The van der Waals surface area contributed by atoms with Gasteiger partial charge in [-0.25, -0.2) is 4.79 Å². The number of amides is 1. The standard InChI is InChI=1S/C23H28N4O5/c1-3-5-13-26(18-20(24)27(12-4-2)23(30)25-21(18)28)22(29)19-16(11-14-31-19)15-32-17-9-7-6-8-10-17/h6-11,14H,3-5,12-13,15,24H2,1-2H3,(H,25,28,30). The first-order valence-electron chi connectivity index (χ1n) is 10.7. The number of H-pyrrole nitrogens is 1. The Morgan fingerprint density at radius 1 is 1.16 bits per heavy atom. The maximum atomic E-state index is 13.5. The Balaban J connectivity index is 1.97. The number of aromatic amines is 1. The summed E-state index contributed by atoms with van der Waals surface area (Å²) in [5.41, 5.74) is 5.38. The maximum Gasteiger partial charge on any atom is 0.330 e. The third-order valence-electron chi connectivity index (χ3n) is 4.99. The highest BCUT2D eigenvalue weighted by Crippen LogP contribution is 2.23. The normalized spacial score (nSPS) is 10.8. The molecule has 3 N–H and O–H groups in total. The molecule has 0 aliphatic heterocycles. The fourth-order valence-corrected chi connectivity index (χ4v) is 3.35. The number of carbonyl (C=O) groups is 1. The highest BCUT2D eigenvalue weighted by atomic mass is 16.5. The minimum atomic E-state index is -0.710. The number of hydrogen-bond donors (Lipinski definition) is 2. The fourth-order valence-electron chi connectivity index (χ4n) is 3.35. The number of hydrogen-bond acceptors (Lipinski definition) is 6. The summed E-state index contributed by atoms with van der Waals surface area (Å²) in [6.07, 6.45) is 3.46. The van der Waals surface area contributed by atoms with Crippen LogP contribution in [0.3, 0.4) is 0 Å². The van der Waals surface area contributed by atoms with Crippen molar-refractivity contribution in [1.29, 1.82) is 0 Å². The van der Waals surface area contributed by atoms with Crippen LogP contribution < -0.4 is 26.6 Å².